The smallest absolute Gasteiger partial charge is 0.271 e. The number of amides is 4. The standard InChI is InChI=1S/C29H36N4O3.C27H28N6O2.C26H29N3O3.C24H26N4O2/c1-3-20(2)23(19-34)16-24-8-7-9-26(31-24)22-17-27(29(36)30-18-22)32-28(35)21-10-12-25(13-11-21)33-14-5-4-6-15-33;28-14-19-12-21(16-29-15-19)22-13-25(27(35)30-17-22)31-26(34)20-5-7-23(8-6-20)33-11-3-4-24(33)18-32-9-1-2-10-32;1-2-21-9-6-10-23(28-21)20-15-24(26(31)27-16-20)29-25(30)19-11-13-22(14-12-19)32-17-18-7-4-3-5-8-18;1-2-17-12-19(15-25-14-17)20-13-22(24(30)26-16-20)27-23(29)18-6-8-21(9-7-18)28-10-4-3-5-11-28/h7-13,17-18,20,23,34H,3-6,14-16,19H2,1-2H3,(H,30,36)(H,32,35);5-8,12-13,15-17,24H,1-4,9-11,18H2,(H,30,35)(H,31,34);6,9-16,18H,2-5,7-8,17H2,1H3,(H,27,31)(H,29,30);6-9,12-16H,2-5,10-11H2,1H3,(H,26,30)(H,27,29)/t20?,23-;24-;;/m10../s1. The first kappa shape index (κ1) is 94.9. The number of rotatable bonds is 27. The van der Waals surface area contributed by atoms with Crippen LogP contribution in [0.1, 0.15) is 194 Å². The predicted octanol–water partition coefficient (Wildman–Crippen LogP) is 18.0. The summed E-state index contributed by atoms with van der Waals surface area (Å²) in [5.74, 6) is 0.591. The molecule has 1 saturated carbocycles. The normalized spacial score (nSPS) is 15.4. The molecule has 12 aromatic rings. The second-order valence-corrected chi connectivity index (χ2v) is 34.8. The molecule has 688 valence electrons. The van der Waals surface area contributed by atoms with Crippen LogP contribution in [0.15, 0.2) is 239 Å². The number of nitrogens with zero attached hydrogens (tertiary/aromatic N) is 9. The van der Waals surface area contributed by atoms with E-state index in [1.54, 1.807) is 104 Å². The van der Waals surface area contributed by atoms with Gasteiger partial charge in [0.2, 0.25) is 0 Å². The molecule has 17 rings (SSSR count). The van der Waals surface area contributed by atoms with E-state index in [1.165, 1.54) is 116 Å². The van der Waals surface area contributed by atoms with Crippen molar-refractivity contribution in [3.63, 3.8) is 0 Å². The minimum atomic E-state index is -0.398. The summed E-state index contributed by atoms with van der Waals surface area (Å²) in [6.07, 6.45) is 35.1. The first-order valence-corrected chi connectivity index (χ1v) is 46.9. The second kappa shape index (κ2) is 47.0. The van der Waals surface area contributed by atoms with Gasteiger partial charge in [-0.05, 0) is 290 Å². The molecule has 8 aromatic heterocycles. The summed E-state index contributed by atoms with van der Waals surface area (Å²) in [5, 5.41) is 29.8. The monoisotopic (exact) mass is 1790 g/mol. The van der Waals surface area contributed by atoms with Gasteiger partial charge in [0.1, 0.15) is 34.6 Å². The van der Waals surface area contributed by atoms with Crippen molar-refractivity contribution in [2.24, 2.45) is 17.8 Å². The third-order valence-electron chi connectivity index (χ3n) is 25.6. The number of likely N-dealkylation sites (tertiary alicyclic amines) is 1. The highest BCUT2D eigenvalue weighted by Gasteiger charge is 2.29. The fourth-order valence-corrected chi connectivity index (χ4v) is 17.5. The van der Waals surface area contributed by atoms with Crippen LogP contribution in [0.4, 0.5) is 39.8 Å². The molecule has 27 heteroatoms. The zero-order valence-corrected chi connectivity index (χ0v) is 76.2. The third-order valence-corrected chi connectivity index (χ3v) is 25.6. The van der Waals surface area contributed by atoms with E-state index in [0.29, 0.717) is 74.5 Å². The Balaban J connectivity index is 0.000000143. The van der Waals surface area contributed by atoms with E-state index in [1.807, 2.05) is 116 Å². The number of piperidine rings is 2. The van der Waals surface area contributed by atoms with Gasteiger partial charge in [0.15, 0.2) is 0 Å². The van der Waals surface area contributed by atoms with Crippen LogP contribution in [0.2, 0.25) is 0 Å². The van der Waals surface area contributed by atoms with Crippen LogP contribution in [0.5, 0.6) is 5.75 Å². The minimum absolute atomic E-state index is 0.120. The number of pyridine rings is 8. The first-order valence-electron chi connectivity index (χ1n) is 46.9. The fourth-order valence-electron chi connectivity index (χ4n) is 17.5. The van der Waals surface area contributed by atoms with Crippen molar-refractivity contribution >= 4 is 63.4 Å². The fraction of sp³-hybridized carbons (Fsp3) is 0.349. The van der Waals surface area contributed by atoms with Gasteiger partial charge in [-0.15, -0.1) is 0 Å². The molecule has 4 saturated heterocycles. The molecular weight excluding hydrogens is 1670 g/mol. The molecule has 12 heterocycles. The topological polar surface area (TPSA) is 366 Å². The van der Waals surface area contributed by atoms with Crippen molar-refractivity contribution in [1.29, 1.82) is 5.26 Å². The van der Waals surface area contributed by atoms with Crippen LogP contribution < -0.4 is 62.9 Å². The second-order valence-electron chi connectivity index (χ2n) is 34.8. The minimum Gasteiger partial charge on any atom is -0.493 e. The summed E-state index contributed by atoms with van der Waals surface area (Å²) in [6, 6.07) is 54.2. The van der Waals surface area contributed by atoms with E-state index in [2.05, 4.69) is 103 Å². The van der Waals surface area contributed by atoms with Gasteiger partial charge in [-0.1, -0.05) is 65.5 Å². The van der Waals surface area contributed by atoms with Gasteiger partial charge in [-0.2, -0.15) is 5.26 Å². The lowest BCUT2D eigenvalue weighted by Gasteiger charge is -2.30. The Morgan fingerprint density at radius 3 is 1.35 bits per heavy atom. The van der Waals surface area contributed by atoms with Gasteiger partial charge in [-0.25, -0.2) is 0 Å². The van der Waals surface area contributed by atoms with Crippen molar-refractivity contribution in [3.8, 4) is 56.6 Å². The summed E-state index contributed by atoms with van der Waals surface area (Å²) < 4.78 is 5.91. The Morgan fingerprint density at radius 1 is 0.459 bits per heavy atom. The molecular formula is C106H119N17O10. The molecule has 133 heavy (non-hydrogen) atoms. The zero-order chi connectivity index (χ0) is 93.0. The number of carbonyl (C=O) groups excluding carboxylic acids is 4. The van der Waals surface area contributed by atoms with Crippen LogP contribution in [0, 0.1) is 29.1 Å². The number of nitriles is 1. The van der Waals surface area contributed by atoms with Gasteiger partial charge in [0, 0.05) is 186 Å². The van der Waals surface area contributed by atoms with E-state index in [-0.39, 0.29) is 75.6 Å². The summed E-state index contributed by atoms with van der Waals surface area (Å²) in [5.41, 5.74) is 13.9. The molecule has 27 nitrogen and oxygen atoms in total. The van der Waals surface area contributed by atoms with E-state index in [4.69, 9.17) is 15.0 Å². The highest BCUT2D eigenvalue weighted by atomic mass is 16.5. The van der Waals surface area contributed by atoms with Gasteiger partial charge >= 0.3 is 0 Å². The number of carbonyl (C=O) groups is 4. The van der Waals surface area contributed by atoms with Crippen LogP contribution in [0.25, 0.3) is 44.8 Å². The number of aromatic nitrogens is 8. The molecule has 4 aromatic carbocycles. The Hall–Kier alpha value is -14.2. The average Bonchev–Trinajstić information content (AvgIpc) is 1.74. The molecule has 1 unspecified atom stereocenters. The lowest BCUT2D eigenvalue weighted by Crippen LogP contribution is -2.39. The molecule has 5 aliphatic rings. The average molecular weight is 1790 g/mol. The van der Waals surface area contributed by atoms with Crippen molar-refractivity contribution in [3.05, 3.63) is 306 Å². The Kier molecular flexibility index (Phi) is 33.6. The molecule has 0 radical (unpaired) electrons. The number of nitrogens with one attached hydrogen (secondary N) is 8. The Labute approximate surface area is 775 Å². The Bertz CT molecular complexity index is 6230. The quantitative estimate of drug-likeness (QED) is 0.0231. The lowest BCUT2D eigenvalue weighted by molar-refractivity contribution is 0.101. The van der Waals surface area contributed by atoms with Crippen molar-refractivity contribution in [2.45, 2.75) is 156 Å². The Morgan fingerprint density at radius 2 is 0.887 bits per heavy atom. The van der Waals surface area contributed by atoms with Gasteiger partial charge < -0.3 is 70.6 Å². The molecule has 0 spiro atoms. The number of aryl methyl sites for hydroxylation is 2. The number of H-pyrrole nitrogens is 4. The van der Waals surface area contributed by atoms with Crippen molar-refractivity contribution < 1.29 is 29.0 Å². The maximum absolute atomic E-state index is 12.9. The number of hydrogen-bond donors (Lipinski definition) is 9. The summed E-state index contributed by atoms with van der Waals surface area (Å²) in [7, 11) is 0. The van der Waals surface area contributed by atoms with E-state index >= 15 is 0 Å². The van der Waals surface area contributed by atoms with Gasteiger partial charge in [0.25, 0.3) is 45.9 Å². The van der Waals surface area contributed by atoms with E-state index in [9.17, 15) is 43.5 Å². The third kappa shape index (κ3) is 26.1. The van der Waals surface area contributed by atoms with Gasteiger partial charge in [-0.3, -0.25) is 58.3 Å². The largest absolute Gasteiger partial charge is 0.493 e. The number of aliphatic hydroxyl groups excluding tert-OH is 1. The molecule has 3 atom stereocenters. The van der Waals surface area contributed by atoms with Crippen molar-refractivity contribution in [2.75, 3.05) is 102 Å². The highest BCUT2D eigenvalue weighted by molar-refractivity contribution is 6.07. The zero-order valence-electron chi connectivity index (χ0n) is 76.2. The maximum Gasteiger partial charge on any atom is 0.271 e. The van der Waals surface area contributed by atoms with Crippen LogP contribution in [0.3, 0.4) is 0 Å². The number of benzene rings is 4. The van der Waals surface area contributed by atoms with Gasteiger partial charge in [0.05, 0.1) is 23.6 Å². The van der Waals surface area contributed by atoms with Crippen LogP contribution in [-0.4, -0.2) is 145 Å². The SMILES string of the molecule is CCC(C)[C@@H](CO)Cc1cccc(-c2c[nH]c(=O)c(NC(=O)c3ccc(N4CCCCC4)cc3)c2)n1.CCc1cccc(-c2c[nH]c(=O)c(NC(=O)c3ccc(OCC4CCCCC4)cc3)c2)n1.CCc1cncc(-c2c[nH]c(=O)c(NC(=O)c3ccc(N4CCCCC4)cc3)c2)c1.N#Cc1cncc(-c2c[nH]c(=O)c(NC(=O)c3ccc(N4CCC[C@H]4CN4CCCC4)cc3)c2)c1. The molecule has 9 N–H and O–H groups in total. The number of hydrogen-bond acceptors (Lipinski definition) is 19. The number of ether oxygens (including phenoxy) is 1. The number of anilines is 7. The predicted molar refractivity (Wildman–Crippen MR) is 526 cm³/mol. The van der Waals surface area contributed by atoms with E-state index in [0.717, 1.165) is 127 Å². The van der Waals surface area contributed by atoms with Crippen molar-refractivity contribution in [1.82, 2.24) is 44.8 Å². The number of aromatic amines is 4. The molecule has 5 fully saturated rings. The maximum atomic E-state index is 12.9. The van der Waals surface area contributed by atoms with Crippen LogP contribution in [-0.2, 0) is 19.3 Å². The highest BCUT2D eigenvalue weighted by Crippen LogP contribution is 2.33. The molecule has 0 bridgehead atoms. The molecule has 4 amide bonds. The number of aliphatic hydroxyl groups is 1. The van der Waals surface area contributed by atoms with Crippen LogP contribution >= 0.6 is 0 Å². The summed E-state index contributed by atoms with van der Waals surface area (Å²) in [6.45, 7) is 17.9. The molecule has 4 aliphatic heterocycles. The molecule has 1 aliphatic carbocycles. The summed E-state index contributed by atoms with van der Waals surface area (Å²) >= 11 is 0. The first-order chi connectivity index (χ1) is 64.8. The van der Waals surface area contributed by atoms with E-state index < -0.39 is 5.56 Å². The summed E-state index contributed by atoms with van der Waals surface area (Å²) in [4.78, 5) is 139. The lowest BCUT2D eigenvalue weighted by atomic mass is 9.88.